The van der Waals surface area contributed by atoms with Crippen LogP contribution in [0, 0.1) is 18.6 Å². The first-order chi connectivity index (χ1) is 19.5. The van der Waals surface area contributed by atoms with E-state index in [0.29, 0.717) is 18.6 Å². The van der Waals surface area contributed by atoms with Crippen LogP contribution in [-0.4, -0.2) is 51.6 Å². The Labute approximate surface area is 234 Å². The van der Waals surface area contributed by atoms with Gasteiger partial charge in [0.1, 0.15) is 5.82 Å². The van der Waals surface area contributed by atoms with E-state index >= 15 is 0 Å². The van der Waals surface area contributed by atoms with Crippen LogP contribution in [0.3, 0.4) is 0 Å². The summed E-state index contributed by atoms with van der Waals surface area (Å²) in [4.78, 5) is 22.5. The van der Waals surface area contributed by atoms with Gasteiger partial charge in [0, 0.05) is 24.0 Å². The number of benzene rings is 2. The van der Waals surface area contributed by atoms with Crippen LogP contribution in [0.2, 0.25) is 0 Å². The van der Waals surface area contributed by atoms with Crippen LogP contribution in [0.5, 0.6) is 0 Å². The number of alkyl halides is 6. The molecule has 3 aromatic rings. The second kappa shape index (κ2) is 14.8. The minimum absolute atomic E-state index is 0.400. The van der Waals surface area contributed by atoms with Crippen LogP contribution >= 0.6 is 0 Å². The Kier molecular flexibility index (Phi) is 12.0. The summed E-state index contributed by atoms with van der Waals surface area (Å²) in [5.74, 6) is -6.16. The Hall–Kier alpha value is -4.01. The third-order valence-electron chi connectivity index (χ3n) is 6.07. The maximum atomic E-state index is 13.3. The van der Waals surface area contributed by atoms with Crippen LogP contribution in [0.15, 0.2) is 48.5 Å². The Bertz CT molecular complexity index is 1330. The van der Waals surface area contributed by atoms with Gasteiger partial charge in [-0.2, -0.15) is 26.3 Å². The zero-order valence-electron chi connectivity index (χ0n) is 22.0. The van der Waals surface area contributed by atoms with Gasteiger partial charge in [0.2, 0.25) is 0 Å². The topological polar surface area (TPSA) is 112 Å². The van der Waals surface area contributed by atoms with Crippen molar-refractivity contribution in [3.05, 3.63) is 71.3 Å². The standard InChI is InChI=1S/C23H25F2N3.2C2HF3O2/c1-15-12-23(28-22-5-3-2-4-19(15)22)27-18-9-7-17(8-10-18)26-14-16-6-11-20(24)21(25)13-16;2*3-2(4,5)1(6)7/h2-6,11-13,17-18,26H,7-10,14H2,1H3,(H,27,28);2*(H,6,7)/t17-,18+;;. The van der Waals surface area contributed by atoms with Gasteiger partial charge in [0.25, 0.3) is 0 Å². The quantitative estimate of drug-likeness (QED) is 0.241. The number of rotatable bonds is 5. The number of nitrogens with one attached hydrogen (secondary N) is 2. The lowest BCUT2D eigenvalue weighted by atomic mass is 9.91. The molecule has 0 aliphatic heterocycles. The molecule has 4 N–H and O–H groups in total. The first-order valence-electron chi connectivity index (χ1n) is 12.4. The number of para-hydroxylation sites is 1. The molecule has 0 saturated heterocycles. The van der Waals surface area contributed by atoms with E-state index in [4.69, 9.17) is 24.8 Å². The summed E-state index contributed by atoms with van der Waals surface area (Å²) in [6.45, 7) is 2.68. The predicted octanol–water partition coefficient (Wildman–Crippen LogP) is 6.60. The van der Waals surface area contributed by atoms with Gasteiger partial charge < -0.3 is 20.8 Å². The number of hydrogen-bond donors (Lipinski definition) is 4. The molecular weight excluding hydrogens is 582 g/mol. The maximum Gasteiger partial charge on any atom is 0.490 e. The molecule has 0 unspecified atom stereocenters. The van der Waals surface area contributed by atoms with Crippen LogP contribution in [0.25, 0.3) is 10.9 Å². The van der Waals surface area contributed by atoms with Gasteiger partial charge in [-0.05, 0) is 68.0 Å². The number of aromatic nitrogens is 1. The summed E-state index contributed by atoms with van der Waals surface area (Å²) in [5.41, 5.74) is 3.02. The first kappa shape index (κ1) is 34.2. The number of aryl methyl sites for hydroxylation is 1. The van der Waals surface area contributed by atoms with E-state index in [2.05, 4.69) is 29.7 Å². The van der Waals surface area contributed by atoms with Crippen molar-refractivity contribution < 1.29 is 54.9 Å². The number of nitrogens with zero attached hydrogens (tertiary/aromatic N) is 1. The van der Waals surface area contributed by atoms with Crippen LogP contribution < -0.4 is 10.6 Å². The van der Waals surface area contributed by atoms with Gasteiger partial charge in [-0.15, -0.1) is 0 Å². The average molecular weight is 610 g/mol. The third-order valence-corrected chi connectivity index (χ3v) is 6.07. The SMILES string of the molecule is Cc1cc(N[C@H]2CC[C@@H](NCc3ccc(F)c(F)c3)CC2)nc2ccccc12.O=C(O)C(F)(F)F.O=C(O)C(F)(F)F. The van der Waals surface area contributed by atoms with Gasteiger partial charge in [0.15, 0.2) is 11.6 Å². The molecule has 1 fully saturated rings. The largest absolute Gasteiger partial charge is 0.490 e. The van der Waals surface area contributed by atoms with Crippen molar-refractivity contribution in [1.82, 2.24) is 10.3 Å². The summed E-state index contributed by atoms with van der Waals surface area (Å²) in [6.07, 6.45) is -5.95. The smallest absolute Gasteiger partial charge is 0.475 e. The molecule has 1 heterocycles. The molecule has 1 aliphatic rings. The van der Waals surface area contributed by atoms with E-state index in [1.807, 2.05) is 18.2 Å². The van der Waals surface area contributed by atoms with Gasteiger partial charge in [0.05, 0.1) is 5.52 Å². The van der Waals surface area contributed by atoms with Crippen molar-refractivity contribution in [2.75, 3.05) is 5.32 Å². The lowest BCUT2D eigenvalue weighted by Gasteiger charge is -2.30. The molecule has 0 amide bonds. The number of carboxylic acid groups (broad SMARTS) is 2. The summed E-state index contributed by atoms with van der Waals surface area (Å²) < 4.78 is 89.8. The fraction of sp³-hybridized carbons (Fsp3) is 0.370. The van der Waals surface area contributed by atoms with Crippen molar-refractivity contribution in [1.29, 1.82) is 0 Å². The number of pyridine rings is 1. The normalized spacial score (nSPS) is 16.9. The van der Waals surface area contributed by atoms with Crippen molar-refractivity contribution in [2.45, 2.75) is 63.6 Å². The van der Waals surface area contributed by atoms with Crippen molar-refractivity contribution >= 4 is 28.7 Å². The van der Waals surface area contributed by atoms with Crippen molar-refractivity contribution in [3.8, 4) is 0 Å². The van der Waals surface area contributed by atoms with Crippen LogP contribution in [0.4, 0.5) is 40.9 Å². The molecule has 7 nitrogen and oxygen atoms in total. The second-order valence-corrected chi connectivity index (χ2v) is 9.27. The van der Waals surface area contributed by atoms with E-state index in [0.717, 1.165) is 42.6 Å². The Morgan fingerprint density at radius 2 is 1.36 bits per heavy atom. The maximum absolute atomic E-state index is 13.3. The molecule has 0 radical (unpaired) electrons. The van der Waals surface area contributed by atoms with Gasteiger partial charge in [-0.1, -0.05) is 24.3 Å². The van der Waals surface area contributed by atoms with E-state index in [1.165, 1.54) is 23.1 Å². The summed E-state index contributed by atoms with van der Waals surface area (Å²) in [6, 6.07) is 15.2. The van der Waals surface area contributed by atoms with E-state index < -0.39 is 35.9 Å². The fourth-order valence-corrected chi connectivity index (χ4v) is 3.99. The predicted molar refractivity (Wildman–Crippen MR) is 137 cm³/mol. The minimum atomic E-state index is -5.08. The second-order valence-electron chi connectivity index (χ2n) is 9.27. The molecular formula is C27H27F8N3O4. The summed E-state index contributed by atoms with van der Waals surface area (Å²) in [5, 5.41) is 22.5. The number of hydrogen-bond acceptors (Lipinski definition) is 5. The number of aliphatic carboxylic acids is 2. The molecule has 1 aromatic heterocycles. The van der Waals surface area contributed by atoms with Gasteiger partial charge in [-0.25, -0.2) is 23.4 Å². The van der Waals surface area contributed by atoms with Crippen LogP contribution in [0.1, 0.15) is 36.8 Å². The molecule has 1 saturated carbocycles. The highest BCUT2D eigenvalue weighted by atomic mass is 19.4. The minimum Gasteiger partial charge on any atom is -0.475 e. The number of fused-ring (bicyclic) bond motifs is 1. The average Bonchev–Trinajstić information content (AvgIpc) is 2.90. The zero-order chi connectivity index (χ0) is 31.7. The van der Waals surface area contributed by atoms with Gasteiger partial charge in [-0.3, -0.25) is 0 Å². The highest BCUT2D eigenvalue weighted by Crippen LogP contribution is 2.25. The van der Waals surface area contributed by atoms with Crippen LogP contribution in [-0.2, 0) is 16.1 Å². The Morgan fingerprint density at radius 3 is 1.88 bits per heavy atom. The van der Waals surface area contributed by atoms with Gasteiger partial charge >= 0.3 is 24.3 Å². The van der Waals surface area contributed by atoms with E-state index in [9.17, 15) is 35.1 Å². The summed E-state index contributed by atoms with van der Waals surface area (Å²) >= 11 is 0. The van der Waals surface area contributed by atoms with E-state index in [-0.39, 0.29) is 0 Å². The Balaban J connectivity index is 0.000000367. The molecule has 0 atom stereocenters. The molecule has 4 rings (SSSR count). The van der Waals surface area contributed by atoms with Crippen molar-refractivity contribution in [3.63, 3.8) is 0 Å². The number of carboxylic acids is 2. The molecule has 1 aliphatic carbocycles. The fourth-order valence-electron chi connectivity index (χ4n) is 3.99. The number of halogens is 8. The Morgan fingerprint density at radius 1 is 0.833 bits per heavy atom. The molecule has 0 spiro atoms. The molecule has 230 valence electrons. The molecule has 0 bridgehead atoms. The monoisotopic (exact) mass is 609 g/mol. The lowest BCUT2D eigenvalue weighted by Crippen LogP contribution is -2.36. The van der Waals surface area contributed by atoms with E-state index in [1.54, 1.807) is 6.07 Å². The number of anilines is 1. The van der Waals surface area contributed by atoms with Crippen molar-refractivity contribution in [2.24, 2.45) is 0 Å². The molecule has 15 heteroatoms. The zero-order valence-corrected chi connectivity index (χ0v) is 22.0. The lowest BCUT2D eigenvalue weighted by molar-refractivity contribution is -0.193. The molecule has 42 heavy (non-hydrogen) atoms. The highest BCUT2D eigenvalue weighted by molar-refractivity contribution is 5.83. The first-order valence-corrected chi connectivity index (χ1v) is 12.4. The molecule has 2 aromatic carbocycles. The summed E-state index contributed by atoms with van der Waals surface area (Å²) in [7, 11) is 0. The number of carbonyl (C=O) groups is 2. The third kappa shape index (κ3) is 11.1. The highest BCUT2D eigenvalue weighted by Gasteiger charge is 2.38.